The molecule has 1 aliphatic carbocycles. The van der Waals surface area contributed by atoms with Crippen LogP contribution in [0, 0.1) is 0 Å². The van der Waals surface area contributed by atoms with E-state index >= 15 is 0 Å². The number of nitrogens with zero attached hydrogens (tertiary/aromatic N) is 5. The molecule has 0 unspecified atom stereocenters. The van der Waals surface area contributed by atoms with E-state index in [1.54, 1.807) is 4.90 Å². The van der Waals surface area contributed by atoms with Crippen molar-refractivity contribution >= 4 is 26.8 Å². The average Bonchev–Trinajstić information content (AvgIpc) is 3.36. The minimum atomic E-state index is -4.00. The van der Waals surface area contributed by atoms with Crippen LogP contribution in [-0.4, -0.2) is 83.4 Å². The lowest BCUT2D eigenvalue weighted by Crippen LogP contribution is -2.53. The van der Waals surface area contributed by atoms with Crippen LogP contribution in [0.2, 0.25) is 0 Å². The third-order valence-electron chi connectivity index (χ3n) is 7.01. The highest BCUT2D eigenvalue weighted by Crippen LogP contribution is 2.24. The SMILES string of the molecule is CN(CC(=O)N1CCN(C2CCCC2)CC1)S(=O)(=O)c1ccc2c(c1)c(=O)n(C)c(=O)n2C. The Morgan fingerprint density at radius 3 is 2.30 bits per heavy atom. The molecule has 180 valence electrons. The van der Waals surface area contributed by atoms with Crippen LogP contribution in [0.3, 0.4) is 0 Å². The maximum atomic E-state index is 13.1. The molecule has 0 N–H and O–H groups in total. The molecule has 10 nitrogen and oxygen atoms in total. The van der Waals surface area contributed by atoms with Crippen molar-refractivity contribution in [2.75, 3.05) is 39.8 Å². The number of fused-ring (bicyclic) bond motifs is 1. The summed E-state index contributed by atoms with van der Waals surface area (Å²) in [4.78, 5) is 41.5. The predicted molar refractivity (Wildman–Crippen MR) is 125 cm³/mol. The molecular weight excluding hydrogens is 446 g/mol. The molecule has 1 aromatic heterocycles. The highest BCUT2D eigenvalue weighted by atomic mass is 32.2. The van der Waals surface area contributed by atoms with E-state index in [1.165, 1.54) is 69.6 Å². The predicted octanol–water partition coefficient (Wildman–Crippen LogP) is -0.0555. The van der Waals surface area contributed by atoms with Gasteiger partial charge < -0.3 is 4.90 Å². The lowest BCUT2D eigenvalue weighted by atomic mass is 10.2. The first-order chi connectivity index (χ1) is 15.6. The van der Waals surface area contributed by atoms with Crippen LogP contribution in [0.4, 0.5) is 0 Å². The second-order valence-corrected chi connectivity index (χ2v) is 11.0. The molecule has 1 saturated heterocycles. The number of likely N-dealkylation sites (N-methyl/N-ethyl adjacent to an activating group) is 1. The Morgan fingerprint density at radius 1 is 1.03 bits per heavy atom. The zero-order valence-corrected chi connectivity index (χ0v) is 20.2. The van der Waals surface area contributed by atoms with E-state index in [4.69, 9.17) is 0 Å². The molecule has 1 aliphatic heterocycles. The van der Waals surface area contributed by atoms with Crippen molar-refractivity contribution < 1.29 is 13.2 Å². The van der Waals surface area contributed by atoms with Gasteiger partial charge in [0.25, 0.3) is 5.56 Å². The normalized spacial score (nSPS) is 18.5. The van der Waals surface area contributed by atoms with E-state index < -0.39 is 21.3 Å². The highest BCUT2D eigenvalue weighted by Gasteiger charge is 2.30. The van der Waals surface area contributed by atoms with E-state index in [9.17, 15) is 22.8 Å². The largest absolute Gasteiger partial charge is 0.339 e. The summed E-state index contributed by atoms with van der Waals surface area (Å²) >= 11 is 0. The summed E-state index contributed by atoms with van der Waals surface area (Å²) in [7, 11) is 0.238. The second kappa shape index (κ2) is 9.03. The Balaban J connectivity index is 1.48. The molecule has 11 heteroatoms. The summed E-state index contributed by atoms with van der Waals surface area (Å²) in [6.45, 7) is 2.57. The summed E-state index contributed by atoms with van der Waals surface area (Å²) in [5.74, 6) is -0.230. The van der Waals surface area contributed by atoms with Crippen LogP contribution < -0.4 is 11.2 Å². The highest BCUT2D eigenvalue weighted by molar-refractivity contribution is 7.89. The molecule has 1 amide bonds. The van der Waals surface area contributed by atoms with Crippen molar-refractivity contribution in [3.63, 3.8) is 0 Å². The van der Waals surface area contributed by atoms with E-state index in [0.29, 0.717) is 24.6 Å². The monoisotopic (exact) mass is 477 g/mol. The van der Waals surface area contributed by atoms with Gasteiger partial charge in [-0.05, 0) is 31.0 Å². The number of hydrogen-bond donors (Lipinski definition) is 0. The van der Waals surface area contributed by atoms with Crippen molar-refractivity contribution in [2.24, 2.45) is 14.1 Å². The molecule has 2 aromatic rings. The van der Waals surface area contributed by atoms with Crippen molar-refractivity contribution in [2.45, 2.75) is 36.6 Å². The van der Waals surface area contributed by atoms with Gasteiger partial charge in [0.15, 0.2) is 0 Å². The molecule has 0 bridgehead atoms. The number of aryl methyl sites for hydroxylation is 1. The summed E-state index contributed by atoms with van der Waals surface area (Å²) in [6.07, 6.45) is 4.98. The van der Waals surface area contributed by atoms with Crippen LogP contribution in [0.15, 0.2) is 32.7 Å². The molecule has 1 aromatic carbocycles. The number of piperazine rings is 1. The lowest BCUT2D eigenvalue weighted by Gasteiger charge is -2.38. The fourth-order valence-corrected chi connectivity index (χ4v) is 6.04. The zero-order chi connectivity index (χ0) is 23.9. The first-order valence-corrected chi connectivity index (χ1v) is 12.7. The third-order valence-corrected chi connectivity index (χ3v) is 8.81. The summed E-state index contributed by atoms with van der Waals surface area (Å²) in [5, 5.41) is 0.128. The number of aromatic nitrogens is 2. The Hall–Kier alpha value is -2.50. The summed E-state index contributed by atoms with van der Waals surface area (Å²) < 4.78 is 29.5. The minimum absolute atomic E-state index is 0.0906. The van der Waals surface area contributed by atoms with Crippen LogP contribution in [0.1, 0.15) is 25.7 Å². The Morgan fingerprint density at radius 2 is 1.67 bits per heavy atom. The van der Waals surface area contributed by atoms with E-state index in [-0.39, 0.29) is 22.7 Å². The van der Waals surface area contributed by atoms with Crippen molar-refractivity contribution in [1.82, 2.24) is 23.2 Å². The van der Waals surface area contributed by atoms with E-state index in [1.807, 2.05) is 0 Å². The molecule has 1 saturated carbocycles. The van der Waals surface area contributed by atoms with Gasteiger partial charge in [0, 0.05) is 53.4 Å². The van der Waals surface area contributed by atoms with Gasteiger partial charge in [0.2, 0.25) is 15.9 Å². The Labute approximate surface area is 193 Å². The van der Waals surface area contributed by atoms with Crippen LogP contribution in [0.25, 0.3) is 10.9 Å². The van der Waals surface area contributed by atoms with Crippen molar-refractivity contribution in [3.05, 3.63) is 39.0 Å². The van der Waals surface area contributed by atoms with Gasteiger partial charge in [-0.25, -0.2) is 13.2 Å². The van der Waals surface area contributed by atoms with Crippen LogP contribution in [0.5, 0.6) is 0 Å². The molecule has 4 rings (SSSR count). The van der Waals surface area contributed by atoms with Gasteiger partial charge in [-0.3, -0.25) is 23.6 Å². The van der Waals surface area contributed by atoms with E-state index in [2.05, 4.69) is 4.90 Å². The van der Waals surface area contributed by atoms with Gasteiger partial charge in [0.1, 0.15) is 0 Å². The van der Waals surface area contributed by atoms with Gasteiger partial charge in [-0.15, -0.1) is 0 Å². The molecule has 33 heavy (non-hydrogen) atoms. The van der Waals surface area contributed by atoms with Gasteiger partial charge in [-0.1, -0.05) is 12.8 Å². The van der Waals surface area contributed by atoms with Gasteiger partial charge >= 0.3 is 5.69 Å². The molecule has 0 radical (unpaired) electrons. The fraction of sp³-hybridized carbons (Fsp3) is 0.591. The molecular formula is C22H31N5O5S. The smallest absolute Gasteiger partial charge is 0.330 e. The minimum Gasteiger partial charge on any atom is -0.339 e. The Bertz CT molecular complexity index is 1280. The van der Waals surface area contributed by atoms with Gasteiger partial charge in [-0.2, -0.15) is 4.31 Å². The standard InChI is InChI=1S/C22H31N5O5S/c1-23(15-20(28)27-12-10-26(11-13-27)16-6-4-5-7-16)33(31,32)17-8-9-19-18(14-17)21(29)25(3)22(30)24(19)2/h8-9,14,16H,4-7,10-13,15H2,1-3H3. The molecule has 2 fully saturated rings. The first kappa shape index (κ1) is 23.7. The van der Waals surface area contributed by atoms with Gasteiger partial charge in [0.05, 0.1) is 22.3 Å². The number of carbonyl (C=O) groups is 1. The molecule has 2 aliphatic rings. The summed E-state index contributed by atoms with van der Waals surface area (Å²) in [5.41, 5.74) is -0.705. The fourth-order valence-electron chi connectivity index (χ4n) is 4.90. The number of sulfonamides is 1. The number of benzene rings is 1. The maximum Gasteiger partial charge on any atom is 0.330 e. The second-order valence-electron chi connectivity index (χ2n) is 9.00. The van der Waals surface area contributed by atoms with Crippen molar-refractivity contribution in [1.29, 1.82) is 0 Å². The number of carbonyl (C=O) groups excluding carboxylic acids is 1. The zero-order valence-electron chi connectivity index (χ0n) is 19.4. The molecule has 2 heterocycles. The molecule has 0 spiro atoms. The third kappa shape index (κ3) is 4.36. The average molecular weight is 478 g/mol. The topological polar surface area (TPSA) is 105 Å². The van der Waals surface area contributed by atoms with Crippen LogP contribution >= 0.6 is 0 Å². The van der Waals surface area contributed by atoms with E-state index in [0.717, 1.165) is 22.0 Å². The number of rotatable bonds is 5. The quantitative estimate of drug-likeness (QED) is 0.598. The lowest BCUT2D eigenvalue weighted by molar-refractivity contribution is -0.133. The Kier molecular flexibility index (Phi) is 6.47. The van der Waals surface area contributed by atoms with Crippen molar-refractivity contribution in [3.8, 4) is 0 Å². The summed E-state index contributed by atoms with van der Waals surface area (Å²) in [6, 6.07) is 4.69. The number of amides is 1. The first-order valence-electron chi connectivity index (χ1n) is 11.3. The maximum absolute atomic E-state index is 13.1. The molecule has 0 atom stereocenters. The number of hydrogen-bond acceptors (Lipinski definition) is 6. The van der Waals surface area contributed by atoms with Crippen LogP contribution in [-0.2, 0) is 28.9 Å².